The van der Waals surface area contributed by atoms with Gasteiger partial charge in [0.15, 0.2) is 0 Å². The fourth-order valence-corrected chi connectivity index (χ4v) is 2.15. The molecule has 1 fully saturated rings. The van der Waals surface area contributed by atoms with E-state index < -0.39 is 0 Å². The SMILES string of the molecule is Cc1ccc(NCCOC2CCCC2)cc1. The Morgan fingerprint density at radius 3 is 2.56 bits per heavy atom. The topological polar surface area (TPSA) is 21.3 Å². The van der Waals surface area contributed by atoms with Crippen LogP contribution in [0.3, 0.4) is 0 Å². The molecule has 2 nitrogen and oxygen atoms in total. The highest BCUT2D eigenvalue weighted by molar-refractivity contribution is 5.44. The molecule has 0 heterocycles. The van der Waals surface area contributed by atoms with E-state index in [9.17, 15) is 0 Å². The lowest BCUT2D eigenvalue weighted by molar-refractivity contribution is 0.0659. The molecule has 0 unspecified atom stereocenters. The Kier molecular flexibility index (Phi) is 4.23. The van der Waals surface area contributed by atoms with Gasteiger partial charge < -0.3 is 10.1 Å². The minimum absolute atomic E-state index is 0.528. The number of anilines is 1. The van der Waals surface area contributed by atoms with E-state index in [4.69, 9.17) is 4.74 Å². The summed E-state index contributed by atoms with van der Waals surface area (Å²) in [7, 11) is 0. The molecule has 0 bridgehead atoms. The highest BCUT2D eigenvalue weighted by Gasteiger charge is 2.14. The Bertz CT molecular complexity index is 301. The van der Waals surface area contributed by atoms with Crippen molar-refractivity contribution in [3.05, 3.63) is 29.8 Å². The predicted molar refractivity (Wildman–Crippen MR) is 67.9 cm³/mol. The average Bonchev–Trinajstić information content (AvgIpc) is 2.80. The van der Waals surface area contributed by atoms with Crippen molar-refractivity contribution in [3.63, 3.8) is 0 Å². The normalized spacial score (nSPS) is 16.6. The van der Waals surface area contributed by atoms with Crippen LogP contribution in [0.2, 0.25) is 0 Å². The van der Waals surface area contributed by atoms with Crippen LogP contribution in [-0.2, 0) is 4.74 Å². The fraction of sp³-hybridized carbons (Fsp3) is 0.571. The molecule has 16 heavy (non-hydrogen) atoms. The van der Waals surface area contributed by atoms with Crippen LogP contribution in [0, 0.1) is 6.92 Å². The quantitative estimate of drug-likeness (QED) is 0.767. The summed E-state index contributed by atoms with van der Waals surface area (Å²) >= 11 is 0. The molecule has 1 aromatic rings. The summed E-state index contributed by atoms with van der Waals surface area (Å²) in [4.78, 5) is 0. The van der Waals surface area contributed by atoms with Crippen molar-refractivity contribution in [2.24, 2.45) is 0 Å². The molecule has 1 saturated carbocycles. The molecule has 2 rings (SSSR count). The summed E-state index contributed by atoms with van der Waals surface area (Å²) in [6.45, 7) is 3.82. The first kappa shape index (κ1) is 11.5. The highest BCUT2D eigenvalue weighted by Crippen LogP contribution is 2.20. The molecule has 0 radical (unpaired) electrons. The Hall–Kier alpha value is -1.02. The van der Waals surface area contributed by atoms with E-state index in [0.29, 0.717) is 6.10 Å². The average molecular weight is 219 g/mol. The minimum Gasteiger partial charge on any atom is -0.383 e. The summed E-state index contributed by atoms with van der Waals surface area (Å²) in [5, 5.41) is 3.37. The first-order valence-electron chi connectivity index (χ1n) is 6.27. The second kappa shape index (κ2) is 5.90. The van der Waals surface area contributed by atoms with Gasteiger partial charge in [0.1, 0.15) is 0 Å². The molecule has 1 N–H and O–H groups in total. The molecule has 1 aliphatic carbocycles. The summed E-state index contributed by atoms with van der Waals surface area (Å²) in [5.74, 6) is 0. The maximum Gasteiger partial charge on any atom is 0.0642 e. The Balaban J connectivity index is 1.62. The van der Waals surface area contributed by atoms with Crippen LogP contribution in [0.5, 0.6) is 0 Å². The van der Waals surface area contributed by atoms with Gasteiger partial charge in [-0.1, -0.05) is 30.5 Å². The fourth-order valence-electron chi connectivity index (χ4n) is 2.15. The van der Waals surface area contributed by atoms with E-state index in [2.05, 4.69) is 36.5 Å². The Morgan fingerprint density at radius 2 is 1.88 bits per heavy atom. The molecular weight excluding hydrogens is 198 g/mol. The summed E-state index contributed by atoms with van der Waals surface area (Å²) in [6.07, 6.45) is 5.72. The second-order valence-electron chi connectivity index (χ2n) is 4.57. The lowest BCUT2D eigenvalue weighted by Gasteiger charge is -2.12. The van der Waals surface area contributed by atoms with Gasteiger partial charge in [0.25, 0.3) is 0 Å². The van der Waals surface area contributed by atoms with Crippen LogP contribution in [-0.4, -0.2) is 19.3 Å². The molecule has 0 saturated heterocycles. The van der Waals surface area contributed by atoms with Crippen molar-refractivity contribution in [2.75, 3.05) is 18.5 Å². The lowest BCUT2D eigenvalue weighted by atomic mass is 10.2. The van der Waals surface area contributed by atoms with Gasteiger partial charge in [-0.05, 0) is 31.9 Å². The van der Waals surface area contributed by atoms with Crippen LogP contribution in [0.25, 0.3) is 0 Å². The number of rotatable bonds is 5. The maximum absolute atomic E-state index is 5.79. The molecule has 0 amide bonds. The monoisotopic (exact) mass is 219 g/mol. The summed E-state index contributed by atoms with van der Waals surface area (Å²) in [6, 6.07) is 8.48. The lowest BCUT2D eigenvalue weighted by Crippen LogP contribution is -2.15. The zero-order chi connectivity index (χ0) is 11.2. The van der Waals surface area contributed by atoms with E-state index in [1.807, 2.05) is 0 Å². The zero-order valence-electron chi connectivity index (χ0n) is 10.0. The van der Waals surface area contributed by atoms with Crippen molar-refractivity contribution in [1.82, 2.24) is 0 Å². The third-order valence-corrected chi connectivity index (χ3v) is 3.14. The smallest absolute Gasteiger partial charge is 0.0642 e. The molecule has 2 heteroatoms. The van der Waals surface area contributed by atoms with E-state index in [0.717, 1.165) is 13.2 Å². The first-order valence-corrected chi connectivity index (χ1v) is 6.27. The highest BCUT2D eigenvalue weighted by atomic mass is 16.5. The van der Waals surface area contributed by atoms with Gasteiger partial charge in [-0.3, -0.25) is 0 Å². The first-order chi connectivity index (χ1) is 7.84. The largest absolute Gasteiger partial charge is 0.383 e. The van der Waals surface area contributed by atoms with Crippen LogP contribution >= 0.6 is 0 Å². The number of ether oxygens (including phenoxy) is 1. The van der Waals surface area contributed by atoms with E-state index in [-0.39, 0.29) is 0 Å². The minimum atomic E-state index is 0.528. The summed E-state index contributed by atoms with van der Waals surface area (Å²) < 4.78 is 5.79. The van der Waals surface area contributed by atoms with Crippen molar-refractivity contribution in [2.45, 2.75) is 38.7 Å². The molecular formula is C14H21NO. The number of aryl methyl sites for hydroxylation is 1. The summed E-state index contributed by atoms with van der Waals surface area (Å²) in [5.41, 5.74) is 2.48. The van der Waals surface area contributed by atoms with E-state index >= 15 is 0 Å². The van der Waals surface area contributed by atoms with E-state index in [1.54, 1.807) is 0 Å². The second-order valence-corrected chi connectivity index (χ2v) is 4.57. The predicted octanol–water partition coefficient (Wildman–Crippen LogP) is 3.37. The van der Waals surface area contributed by atoms with Crippen LogP contribution < -0.4 is 5.32 Å². The molecule has 1 aliphatic rings. The van der Waals surface area contributed by atoms with Gasteiger partial charge in [0, 0.05) is 12.2 Å². The third kappa shape index (κ3) is 3.53. The van der Waals surface area contributed by atoms with E-state index in [1.165, 1.54) is 36.9 Å². The molecule has 0 spiro atoms. The Labute approximate surface area is 98.0 Å². The van der Waals surface area contributed by atoms with Crippen LogP contribution in [0.1, 0.15) is 31.2 Å². The molecule has 0 atom stereocenters. The van der Waals surface area contributed by atoms with Crippen molar-refractivity contribution in [1.29, 1.82) is 0 Å². The van der Waals surface area contributed by atoms with Crippen molar-refractivity contribution < 1.29 is 4.74 Å². The van der Waals surface area contributed by atoms with Crippen molar-refractivity contribution in [3.8, 4) is 0 Å². The van der Waals surface area contributed by atoms with Gasteiger partial charge in [0.2, 0.25) is 0 Å². The van der Waals surface area contributed by atoms with Crippen LogP contribution in [0.15, 0.2) is 24.3 Å². The third-order valence-electron chi connectivity index (χ3n) is 3.14. The number of benzene rings is 1. The van der Waals surface area contributed by atoms with Gasteiger partial charge >= 0.3 is 0 Å². The molecule has 88 valence electrons. The van der Waals surface area contributed by atoms with Gasteiger partial charge in [-0.2, -0.15) is 0 Å². The zero-order valence-corrected chi connectivity index (χ0v) is 10.0. The van der Waals surface area contributed by atoms with Crippen molar-refractivity contribution >= 4 is 5.69 Å². The molecule has 1 aromatic carbocycles. The maximum atomic E-state index is 5.79. The number of hydrogen-bond acceptors (Lipinski definition) is 2. The van der Waals surface area contributed by atoms with Gasteiger partial charge in [-0.15, -0.1) is 0 Å². The number of hydrogen-bond donors (Lipinski definition) is 1. The van der Waals surface area contributed by atoms with Crippen LogP contribution in [0.4, 0.5) is 5.69 Å². The Morgan fingerprint density at radius 1 is 1.19 bits per heavy atom. The van der Waals surface area contributed by atoms with Gasteiger partial charge in [0.05, 0.1) is 12.7 Å². The standard InChI is InChI=1S/C14H21NO/c1-12-6-8-13(9-7-12)15-10-11-16-14-4-2-3-5-14/h6-9,14-15H,2-5,10-11H2,1H3. The molecule has 0 aliphatic heterocycles. The van der Waals surface area contributed by atoms with Gasteiger partial charge in [-0.25, -0.2) is 0 Å². The number of nitrogens with one attached hydrogen (secondary N) is 1. The molecule has 0 aromatic heterocycles.